The number of fused-ring (bicyclic) bond motifs is 1. The van der Waals surface area contributed by atoms with Crippen LogP contribution in [-0.2, 0) is 20.5 Å². The van der Waals surface area contributed by atoms with Crippen molar-refractivity contribution in [2.75, 3.05) is 22.1 Å². The molecule has 6 N–H and O–H groups in total. The topological polar surface area (TPSA) is 166 Å². The molecule has 2 amide bonds. The number of primary amides is 2. The summed E-state index contributed by atoms with van der Waals surface area (Å²) in [4.78, 5) is 47.2. The van der Waals surface area contributed by atoms with E-state index in [9.17, 15) is 27.6 Å². The number of nitrogens with two attached hydrogens (primary N) is 2. The van der Waals surface area contributed by atoms with E-state index in [2.05, 4.69) is 20.6 Å². The number of amides is 2. The van der Waals surface area contributed by atoms with E-state index in [0.717, 1.165) is 12.1 Å². The van der Waals surface area contributed by atoms with Gasteiger partial charge in [0.15, 0.2) is 5.82 Å². The number of hydrogen-bond acceptors (Lipinski definition) is 9. The quantitative estimate of drug-likeness (QED) is 0.291. The fourth-order valence-electron chi connectivity index (χ4n) is 4.38. The number of rotatable bonds is 7. The number of carbonyl (C=O) groups excluding carboxylic acids is 3. The number of hydrogen-bond donors (Lipinski definition) is 4. The first kappa shape index (κ1) is 31.1. The number of halogens is 3. The second-order valence-corrected chi connectivity index (χ2v) is 11.0. The van der Waals surface area contributed by atoms with Gasteiger partial charge in [0, 0.05) is 23.9 Å². The first-order valence-electron chi connectivity index (χ1n) is 13.3. The number of alkyl halides is 3. The second kappa shape index (κ2) is 11.8. The van der Waals surface area contributed by atoms with Crippen LogP contribution in [-0.4, -0.2) is 52.0 Å². The monoisotopic (exact) mass is 599 g/mol. The van der Waals surface area contributed by atoms with Crippen molar-refractivity contribution in [3.8, 4) is 11.4 Å². The SMILES string of the molecule is CC(Nc1cc(C(N)=O)nc(-c2ccc3c(c2)N[C@H](C(=O)OC(C)(C)C)CCN3c2ccc(C(F)(F)F)cc2)n1)C(N)=O. The Morgan fingerprint density at radius 2 is 1.72 bits per heavy atom. The summed E-state index contributed by atoms with van der Waals surface area (Å²) in [5, 5.41) is 6.01. The third-order valence-electron chi connectivity index (χ3n) is 6.48. The molecule has 2 atom stereocenters. The number of anilines is 4. The maximum atomic E-state index is 13.2. The Labute approximate surface area is 245 Å². The van der Waals surface area contributed by atoms with Gasteiger partial charge in [-0.1, -0.05) is 0 Å². The minimum absolute atomic E-state index is 0.0826. The molecule has 1 aliphatic rings. The molecule has 1 unspecified atom stereocenters. The number of aromatic nitrogens is 2. The van der Waals surface area contributed by atoms with Gasteiger partial charge in [-0.3, -0.25) is 9.59 Å². The molecule has 0 saturated heterocycles. The smallest absolute Gasteiger partial charge is 0.416 e. The Hall–Kier alpha value is -4.88. The molecule has 4 rings (SSSR count). The van der Waals surface area contributed by atoms with Gasteiger partial charge in [0.05, 0.1) is 16.9 Å². The number of ether oxygens (including phenoxy) is 1. The zero-order valence-corrected chi connectivity index (χ0v) is 24.0. The molecule has 0 radical (unpaired) electrons. The van der Waals surface area contributed by atoms with Crippen molar-refractivity contribution in [3.63, 3.8) is 0 Å². The van der Waals surface area contributed by atoms with E-state index in [1.54, 1.807) is 43.9 Å². The zero-order chi connectivity index (χ0) is 31.7. The molecule has 0 spiro atoms. The van der Waals surface area contributed by atoms with Gasteiger partial charge in [-0.05, 0) is 76.6 Å². The van der Waals surface area contributed by atoms with E-state index >= 15 is 0 Å². The fourth-order valence-corrected chi connectivity index (χ4v) is 4.38. The molecule has 0 fully saturated rings. The Morgan fingerprint density at radius 3 is 2.30 bits per heavy atom. The number of nitrogens with zero attached hydrogens (tertiary/aromatic N) is 3. The summed E-state index contributed by atoms with van der Waals surface area (Å²) < 4.78 is 45.3. The maximum Gasteiger partial charge on any atom is 0.416 e. The molecule has 2 aromatic carbocycles. The van der Waals surface area contributed by atoms with Crippen LogP contribution in [0.5, 0.6) is 0 Å². The van der Waals surface area contributed by atoms with Crippen LogP contribution >= 0.6 is 0 Å². The molecule has 14 heteroatoms. The van der Waals surface area contributed by atoms with Gasteiger partial charge >= 0.3 is 12.1 Å². The van der Waals surface area contributed by atoms with Crippen molar-refractivity contribution in [3.05, 3.63) is 59.8 Å². The summed E-state index contributed by atoms with van der Waals surface area (Å²) in [7, 11) is 0. The van der Waals surface area contributed by atoms with Crippen LogP contribution in [0.1, 0.15) is 50.2 Å². The van der Waals surface area contributed by atoms with E-state index in [1.807, 2.05) is 0 Å². The first-order chi connectivity index (χ1) is 20.0. The van der Waals surface area contributed by atoms with E-state index in [1.165, 1.54) is 25.1 Å². The lowest BCUT2D eigenvalue weighted by molar-refractivity contribution is -0.155. The number of benzene rings is 2. The molecule has 1 aliphatic heterocycles. The van der Waals surface area contributed by atoms with E-state index < -0.39 is 47.2 Å². The highest BCUT2D eigenvalue weighted by Crippen LogP contribution is 2.39. The highest BCUT2D eigenvalue weighted by molar-refractivity contribution is 5.93. The number of nitrogens with one attached hydrogen (secondary N) is 2. The van der Waals surface area contributed by atoms with Crippen molar-refractivity contribution >= 4 is 40.7 Å². The summed E-state index contributed by atoms with van der Waals surface area (Å²) in [6, 6.07) is 9.42. The molecular formula is C29H32F3N7O4. The predicted molar refractivity (Wildman–Crippen MR) is 155 cm³/mol. The lowest BCUT2D eigenvalue weighted by Crippen LogP contribution is -2.37. The van der Waals surface area contributed by atoms with Crippen LogP contribution in [0.3, 0.4) is 0 Å². The lowest BCUT2D eigenvalue weighted by atomic mass is 10.1. The van der Waals surface area contributed by atoms with Crippen LogP contribution in [0.25, 0.3) is 11.4 Å². The van der Waals surface area contributed by atoms with Crippen LogP contribution in [0, 0.1) is 0 Å². The molecule has 0 bridgehead atoms. The molecular weight excluding hydrogens is 567 g/mol. The number of carbonyl (C=O) groups is 3. The van der Waals surface area contributed by atoms with Crippen LogP contribution in [0.15, 0.2) is 48.5 Å². The summed E-state index contributed by atoms with van der Waals surface area (Å²) in [5.74, 6) is -1.77. The van der Waals surface area contributed by atoms with Gasteiger partial charge in [0.2, 0.25) is 5.91 Å². The minimum Gasteiger partial charge on any atom is -0.458 e. The van der Waals surface area contributed by atoms with Crippen LogP contribution < -0.4 is 27.0 Å². The lowest BCUT2D eigenvalue weighted by Gasteiger charge is -2.25. The summed E-state index contributed by atoms with van der Waals surface area (Å²) >= 11 is 0. The van der Waals surface area contributed by atoms with E-state index in [0.29, 0.717) is 22.6 Å². The Kier molecular flexibility index (Phi) is 8.51. The molecule has 2 heterocycles. The molecule has 0 aliphatic carbocycles. The van der Waals surface area contributed by atoms with Crippen molar-refractivity contribution in [2.24, 2.45) is 11.5 Å². The van der Waals surface area contributed by atoms with E-state index in [-0.39, 0.29) is 30.3 Å². The van der Waals surface area contributed by atoms with Crippen molar-refractivity contribution in [1.29, 1.82) is 0 Å². The summed E-state index contributed by atoms with van der Waals surface area (Å²) in [6.07, 6.45) is -4.22. The molecule has 11 nitrogen and oxygen atoms in total. The zero-order valence-electron chi connectivity index (χ0n) is 24.0. The Balaban J connectivity index is 1.80. The average Bonchev–Trinajstić information content (AvgIpc) is 3.11. The highest BCUT2D eigenvalue weighted by Gasteiger charge is 2.32. The van der Waals surface area contributed by atoms with Crippen molar-refractivity contribution in [1.82, 2.24) is 9.97 Å². The minimum atomic E-state index is -4.49. The van der Waals surface area contributed by atoms with Gasteiger partial charge in [-0.25, -0.2) is 14.8 Å². The molecule has 0 saturated carbocycles. The van der Waals surface area contributed by atoms with E-state index in [4.69, 9.17) is 16.2 Å². The Bertz CT molecular complexity index is 1540. The molecule has 1 aromatic heterocycles. The summed E-state index contributed by atoms with van der Waals surface area (Å²) in [5.41, 5.74) is 11.1. The molecule has 43 heavy (non-hydrogen) atoms. The van der Waals surface area contributed by atoms with Gasteiger partial charge in [0.25, 0.3) is 5.91 Å². The van der Waals surface area contributed by atoms with Gasteiger partial charge in [-0.15, -0.1) is 0 Å². The molecule has 3 aromatic rings. The third-order valence-corrected chi connectivity index (χ3v) is 6.48. The molecule has 228 valence electrons. The van der Waals surface area contributed by atoms with Crippen LogP contribution in [0.4, 0.5) is 36.1 Å². The average molecular weight is 600 g/mol. The van der Waals surface area contributed by atoms with Crippen LogP contribution in [0.2, 0.25) is 0 Å². The van der Waals surface area contributed by atoms with Gasteiger partial charge < -0.3 is 31.7 Å². The highest BCUT2D eigenvalue weighted by atomic mass is 19.4. The fraction of sp³-hybridized carbons (Fsp3) is 0.345. The third kappa shape index (κ3) is 7.50. The second-order valence-electron chi connectivity index (χ2n) is 11.0. The van der Waals surface area contributed by atoms with Gasteiger partial charge in [0.1, 0.15) is 29.2 Å². The summed E-state index contributed by atoms with van der Waals surface area (Å²) in [6.45, 7) is 7.04. The standard InChI is InChI=1S/C29H32F3N7O4/c1-15(24(33)40)35-23-14-21(25(34)41)37-26(38-23)16-5-10-22-20(13-16)36-19(27(42)43-28(2,3)4)11-12-39(22)18-8-6-17(7-9-18)29(30,31)32/h5-10,13-15,19,36H,11-12H2,1-4H3,(H2,33,40)(H2,34,41)(H,35,37,38)/t15?,19-/m0/s1. The first-order valence-corrected chi connectivity index (χ1v) is 13.3. The normalized spacial score (nSPS) is 15.9. The van der Waals surface area contributed by atoms with Crippen molar-refractivity contribution in [2.45, 2.75) is 58.0 Å². The number of esters is 1. The van der Waals surface area contributed by atoms with Crippen molar-refractivity contribution < 1.29 is 32.3 Å². The largest absolute Gasteiger partial charge is 0.458 e. The Morgan fingerprint density at radius 1 is 1.05 bits per heavy atom. The predicted octanol–water partition coefficient (Wildman–Crippen LogP) is 4.21. The maximum absolute atomic E-state index is 13.2. The van der Waals surface area contributed by atoms with Gasteiger partial charge in [-0.2, -0.15) is 13.2 Å².